The van der Waals surface area contributed by atoms with Gasteiger partial charge in [-0.25, -0.2) is 0 Å². The molecular formula is C25H34ClN3O4. The van der Waals surface area contributed by atoms with Crippen molar-refractivity contribution in [2.24, 2.45) is 0 Å². The zero-order valence-electron chi connectivity index (χ0n) is 19.9. The third kappa shape index (κ3) is 6.53. The number of nitrogens with zero attached hydrogens (tertiary/aromatic N) is 2. The van der Waals surface area contributed by atoms with E-state index in [1.807, 2.05) is 69.1 Å². The topological polar surface area (TPSA) is 63.3 Å². The Hall–Kier alpha value is -2.48. The van der Waals surface area contributed by atoms with Crippen molar-refractivity contribution >= 4 is 28.9 Å². The second-order valence-electron chi connectivity index (χ2n) is 7.94. The smallest absolute Gasteiger partial charge is 0.238 e. The van der Waals surface area contributed by atoms with Gasteiger partial charge < -0.3 is 24.4 Å². The Morgan fingerprint density at radius 3 is 2.48 bits per heavy atom. The zero-order valence-corrected chi connectivity index (χ0v) is 20.7. The van der Waals surface area contributed by atoms with E-state index in [0.29, 0.717) is 42.9 Å². The molecule has 2 aromatic rings. The van der Waals surface area contributed by atoms with Crippen LogP contribution in [0.4, 0.5) is 11.4 Å². The molecular weight excluding hydrogens is 442 g/mol. The second-order valence-corrected chi connectivity index (χ2v) is 8.35. The molecule has 0 bridgehead atoms. The van der Waals surface area contributed by atoms with Gasteiger partial charge in [0.15, 0.2) is 0 Å². The molecule has 8 heteroatoms. The number of morpholine rings is 1. The van der Waals surface area contributed by atoms with Crippen LogP contribution in [0.25, 0.3) is 0 Å². The molecule has 0 radical (unpaired) electrons. The number of carbonyl (C=O) groups excluding carboxylic acids is 1. The summed E-state index contributed by atoms with van der Waals surface area (Å²) in [6, 6.07) is 11.5. The molecule has 1 fully saturated rings. The number of amides is 1. The number of hydrogen-bond donors (Lipinski definition) is 1. The van der Waals surface area contributed by atoms with Crippen molar-refractivity contribution in [3.8, 4) is 11.5 Å². The number of ether oxygens (including phenoxy) is 3. The van der Waals surface area contributed by atoms with Crippen LogP contribution >= 0.6 is 11.6 Å². The molecule has 1 aliphatic heterocycles. The minimum atomic E-state index is -0.140. The number of anilines is 2. The number of hydrogen-bond acceptors (Lipinski definition) is 6. The van der Waals surface area contributed by atoms with Crippen molar-refractivity contribution in [2.75, 3.05) is 63.3 Å². The summed E-state index contributed by atoms with van der Waals surface area (Å²) in [5, 5.41) is 3.71. The van der Waals surface area contributed by atoms with Gasteiger partial charge in [0.1, 0.15) is 11.5 Å². The van der Waals surface area contributed by atoms with Crippen LogP contribution in [0.1, 0.15) is 32.4 Å². The van der Waals surface area contributed by atoms with E-state index < -0.39 is 0 Å². The number of carbonyl (C=O) groups is 1. The fraction of sp³-hybridized carbons (Fsp3) is 0.480. The minimum absolute atomic E-state index is 0.0153. The Morgan fingerprint density at radius 1 is 1.15 bits per heavy atom. The molecule has 1 atom stereocenters. The highest BCUT2D eigenvalue weighted by Crippen LogP contribution is 2.39. The summed E-state index contributed by atoms with van der Waals surface area (Å²) in [6.45, 7) is 10.0. The maximum atomic E-state index is 12.9. The van der Waals surface area contributed by atoms with Crippen molar-refractivity contribution in [3.63, 3.8) is 0 Å². The summed E-state index contributed by atoms with van der Waals surface area (Å²) in [4.78, 5) is 17.1. The molecule has 33 heavy (non-hydrogen) atoms. The lowest BCUT2D eigenvalue weighted by Crippen LogP contribution is -2.36. The quantitative estimate of drug-likeness (QED) is 0.541. The average Bonchev–Trinajstić information content (AvgIpc) is 2.81. The Bertz CT molecular complexity index is 934. The van der Waals surface area contributed by atoms with E-state index in [1.165, 1.54) is 0 Å². The van der Waals surface area contributed by atoms with Gasteiger partial charge in [-0.05, 0) is 39.4 Å². The Balaban J connectivity index is 1.78. The molecule has 0 aliphatic carbocycles. The van der Waals surface area contributed by atoms with E-state index >= 15 is 0 Å². The van der Waals surface area contributed by atoms with E-state index in [9.17, 15) is 4.79 Å². The molecule has 0 aromatic heterocycles. The molecule has 1 saturated heterocycles. The third-order valence-corrected chi connectivity index (χ3v) is 6.04. The monoisotopic (exact) mass is 475 g/mol. The summed E-state index contributed by atoms with van der Waals surface area (Å²) in [6.07, 6.45) is 0. The summed E-state index contributed by atoms with van der Waals surface area (Å²) in [7, 11) is 1.91. The fourth-order valence-corrected chi connectivity index (χ4v) is 4.14. The predicted molar refractivity (Wildman–Crippen MR) is 133 cm³/mol. The van der Waals surface area contributed by atoms with Gasteiger partial charge in [-0.3, -0.25) is 9.69 Å². The van der Waals surface area contributed by atoms with Crippen LogP contribution in [-0.4, -0.2) is 63.9 Å². The molecule has 7 nitrogen and oxygen atoms in total. The molecule has 3 rings (SSSR count). The van der Waals surface area contributed by atoms with Gasteiger partial charge in [-0.1, -0.05) is 29.8 Å². The van der Waals surface area contributed by atoms with E-state index in [4.69, 9.17) is 25.8 Å². The molecule has 180 valence electrons. The van der Waals surface area contributed by atoms with Crippen LogP contribution in [0.5, 0.6) is 11.5 Å². The highest BCUT2D eigenvalue weighted by Gasteiger charge is 2.22. The van der Waals surface area contributed by atoms with Gasteiger partial charge in [0.25, 0.3) is 0 Å². The SMILES string of the molecule is CCOc1cc(N2CCOCC2)c(OCC)cc1NC(=O)CN(C)C(C)c1ccccc1Cl. The molecule has 1 aliphatic rings. The molecule has 1 amide bonds. The summed E-state index contributed by atoms with van der Waals surface area (Å²) >= 11 is 6.34. The molecule has 1 N–H and O–H groups in total. The van der Waals surface area contributed by atoms with E-state index in [1.54, 1.807) is 0 Å². The zero-order chi connectivity index (χ0) is 23.8. The summed E-state index contributed by atoms with van der Waals surface area (Å²) < 4.78 is 17.3. The van der Waals surface area contributed by atoms with E-state index in [0.717, 1.165) is 30.1 Å². The summed E-state index contributed by atoms with van der Waals surface area (Å²) in [5.74, 6) is 1.20. The highest BCUT2D eigenvalue weighted by atomic mass is 35.5. The van der Waals surface area contributed by atoms with Gasteiger partial charge in [-0.2, -0.15) is 0 Å². The van der Waals surface area contributed by atoms with Gasteiger partial charge in [0.05, 0.1) is 44.3 Å². The third-order valence-electron chi connectivity index (χ3n) is 5.70. The Kier molecular flexibility index (Phi) is 9.23. The lowest BCUT2D eigenvalue weighted by atomic mass is 10.1. The predicted octanol–water partition coefficient (Wildman–Crippen LogP) is 4.61. The van der Waals surface area contributed by atoms with Crippen LogP contribution in [0.3, 0.4) is 0 Å². The molecule has 1 heterocycles. The van der Waals surface area contributed by atoms with Crippen molar-refractivity contribution < 1.29 is 19.0 Å². The lowest BCUT2D eigenvalue weighted by Gasteiger charge is -2.31. The molecule has 0 spiro atoms. The first-order valence-corrected chi connectivity index (χ1v) is 11.8. The average molecular weight is 476 g/mol. The van der Waals surface area contributed by atoms with Crippen molar-refractivity contribution in [1.82, 2.24) is 4.90 Å². The Labute approximate surface area is 201 Å². The van der Waals surface area contributed by atoms with E-state index in [-0.39, 0.29) is 18.5 Å². The van der Waals surface area contributed by atoms with Crippen LogP contribution in [0, 0.1) is 0 Å². The molecule has 1 unspecified atom stereocenters. The molecule has 0 saturated carbocycles. The van der Waals surface area contributed by atoms with Crippen molar-refractivity contribution in [3.05, 3.63) is 47.0 Å². The van der Waals surface area contributed by atoms with Crippen molar-refractivity contribution in [1.29, 1.82) is 0 Å². The van der Waals surface area contributed by atoms with Gasteiger partial charge >= 0.3 is 0 Å². The standard InChI is InChI=1S/C25H34ClN3O4/c1-5-32-23-16-22(29-11-13-31-14-12-29)24(33-6-2)15-21(23)27-25(30)17-28(4)18(3)19-9-7-8-10-20(19)26/h7-10,15-16,18H,5-6,11-14,17H2,1-4H3,(H,27,30). The van der Waals surface area contributed by atoms with Crippen LogP contribution in [-0.2, 0) is 9.53 Å². The van der Waals surface area contributed by atoms with Crippen LogP contribution < -0.4 is 19.7 Å². The fourth-order valence-electron chi connectivity index (χ4n) is 3.85. The minimum Gasteiger partial charge on any atom is -0.492 e. The first kappa shape index (κ1) is 25.1. The van der Waals surface area contributed by atoms with Crippen LogP contribution in [0.2, 0.25) is 5.02 Å². The van der Waals surface area contributed by atoms with Gasteiger partial charge in [0, 0.05) is 36.3 Å². The first-order chi connectivity index (χ1) is 15.9. The maximum absolute atomic E-state index is 12.9. The van der Waals surface area contributed by atoms with Gasteiger partial charge in [0.2, 0.25) is 5.91 Å². The second kappa shape index (κ2) is 12.1. The van der Waals surface area contributed by atoms with Gasteiger partial charge in [-0.15, -0.1) is 0 Å². The number of rotatable bonds is 10. The lowest BCUT2D eigenvalue weighted by molar-refractivity contribution is -0.117. The maximum Gasteiger partial charge on any atom is 0.238 e. The number of likely N-dealkylation sites (N-methyl/N-ethyl adjacent to an activating group) is 1. The molecule has 2 aromatic carbocycles. The van der Waals surface area contributed by atoms with E-state index in [2.05, 4.69) is 10.2 Å². The summed E-state index contributed by atoms with van der Waals surface area (Å²) in [5.41, 5.74) is 2.53. The number of halogens is 1. The normalized spacial score (nSPS) is 14.8. The highest BCUT2D eigenvalue weighted by molar-refractivity contribution is 6.31. The Morgan fingerprint density at radius 2 is 1.82 bits per heavy atom. The number of benzene rings is 2. The largest absolute Gasteiger partial charge is 0.492 e. The first-order valence-electron chi connectivity index (χ1n) is 11.4. The number of nitrogens with one attached hydrogen (secondary N) is 1. The van der Waals surface area contributed by atoms with Crippen molar-refractivity contribution in [2.45, 2.75) is 26.8 Å². The van der Waals surface area contributed by atoms with Crippen LogP contribution in [0.15, 0.2) is 36.4 Å².